The zero-order chi connectivity index (χ0) is 21.7. The number of nitrogens with one attached hydrogen (secondary N) is 1. The summed E-state index contributed by atoms with van der Waals surface area (Å²) < 4.78 is 10.2. The van der Waals surface area contributed by atoms with Gasteiger partial charge in [0, 0.05) is 44.5 Å². The van der Waals surface area contributed by atoms with Gasteiger partial charge in [0.05, 0.1) is 18.1 Å². The van der Waals surface area contributed by atoms with Gasteiger partial charge in [0.1, 0.15) is 6.10 Å². The van der Waals surface area contributed by atoms with Crippen molar-refractivity contribution in [3.05, 3.63) is 24.3 Å². The zero-order valence-electron chi connectivity index (χ0n) is 17.1. The van der Waals surface area contributed by atoms with Crippen LogP contribution in [0.25, 0.3) is 0 Å². The number of hydrogen-bond acceptors (Lipinski definition) is 7. The lowest BCUT2D eigenvalue weighted by molar-refractivity contribution is -0.150. The van der Waals surface area contributed by atoms with Gasteiger partial charge in [-0.3, -0.25) is 14.5 Å². The van der Waals surface area contributed by atoms with Crippen molar-refractivity contribution in [3.8, 4) is 0 Å². The Kier molecular flexibility index (Phi) is 7.09. The molecule has 2 fully saturated rings. The standard InChI is InChI=1S/C20H26N4O5S/c1-14(30)21-11-18-12-24(20(27)29-18)17-5-3-16(4-6-17)22-7-9-23(10-8-22)19(26)13-28-15(2)25/h3-6,18H,7-13H2,1-2H3,(H,21,30). The van der Waals surface area contributed by atoms with E-state index in [1.54, 1.807) is 16.7 Å². The fraction of sp³-hybridized carbons (Fsp3) is 0.500. The first kappa shape index (κ1) is 21.8. The number of anilines is 2. The molecule has 0 radical (unpaired) electrons. The van der Waals surface area contributed by atoms with Crippen LogP contribution in [0.15, 0.2) is 24.3 Å². The molecule has 0 saturated carbocycles. The largest absolute Gasteiger partial charge is 0.456 e. The number of hydrogen-bond donors (Lipinski definition) is 1. The van der Waals surface area contributed by atoms with Crippen LogP contribution in [-0.2, 0) is 19.1 Å². The number of rotatable bonds is 6. The molecule has 1 N–H and O–H groups in total. The molecule has 0 aromatic heterocycles. The van der Waals surface area contributed by atoms with Gasteiger partial charge in [0.15, 0.2) is 6.61 Å². The zero-order valence-corrected chi connectivity index (χ0v) is 17.9. The fourth-order valence-corrected chi connectivity index (χ4v) is 3.49. The second-order valence-electron chi connectivity index (χ2n) is 7.22. The van der Waals surface area contributed by atoms with Gasteiger partial charge in [-0.1, -0.05) is 12.2 Å². The lowest BCUT2D eigenvalue weighted by Crippen LogP contribution is -2.49. The van der Waals surface area contributed by atoms with E-state index in [1.165, 1.54) is 6.92 Å². The summed E-state index contributed by atoms with van der Waals surface area (Å²) >= 11 is 4.99. The minimum Gasteiger partial charge on any atom is -0.456 e. The highest BCUT2D eigenvalue weighted by Crippen LogP contribution is 2.25. The Morgan fingerprint density at radius 1 is 1.13 bits per heavy atom. The lowest BCUT2D eigenvalue weighted by Gasteiger charge is -2.36. The summed E-state index contributed by atoms with van der Waals surface area (Å²) in [5, 5.41) is 3.03. The van der Waals surface area contributed by atoms with Gasteiger partial charge in [0.2, 0.25) is 0 Å². The number of carbonyl (C=O) groups excluding carboxylic acids is 3. The molecule has 10 heteroatoms. The molecule has 2 saturated heterocycles. The predicted molar refractivity (Wildman–Crippen MR) is 116 cm³/mol. The van der Waals surface area contributed by atoms with E-state index < -0.39 is 5.97 Å². The molecule has 2 aliphatic rings. The molecule has 1 atom stereocenters. The summed E-state index contributed by atoms with van der Waals surface area (Å²) in [7, 11) is 0. The van der Waals surface area contributed by atoms with Crippen molar-refractivity contribution in [2.75, 3.05) is 55.7 Å². The number of piperazine rings is 1. The van der Waals surface area contributed by atoms with Crippen molar-refractivity contribution >= 4 is 46.6 Å². The van der Waals surface area contributed by atoms with Crippen LogP contribution < -0.4 is 15.1 Å². The van der Waals surface area contributed by atoms with Crippen LogP contribution in [0.4, 0.5) is 16.2 Å². The van der Waals surface area contributed by atoms with Crippen LogP contribution in [-0.4, -0.2) is 79.8 Å². The maximum Gasteiger partial charge on any atom is 0.414 e. The fourth-order valence-electron chi connectivity index (χ4n) is 3.41. The van der Waals surface area contributed by atoms with Crippen molar-refractivity contribution in [2.24, 2.45) is 0 Å². The van der Waals surface area contributed by atoms with Crippen molar-refractivity contribution in [2.45, 2.75) is 20.0 Å². The quantitative estimate of drug-likeness (QED) is 0.527. The average molecular weight is 435 g/mol. The SMILES string of the molecule is CC(=O)OCC(=O)N1CCN(c2ccc(N3CC(CNC(C)=S)OC3=O)cc2)CC1. The monoisotopic (exact) mass is 434 g/mol. The number of thiocarbonyl (C=S) groups is 1. The minimum atomic E-state index is -0.458. The van der Waals surface area contributed by atoms with E-state index in [-0.39, 0.29) is 24.7 Å². The van der Waals surface area contributed by atoms with Crippen LogP contribution in [0.5, 0.6) is 0 Å². The van der Waals surface area contributed by atoms with Gasteiger partial charge < -0.3 is 24.6 Å². The minimum absolute atomic E-state index is 0.180. The maximum atomic E-state index is 12.2. The van der Waals surface area contributed by atoms with Crippen LogP contribution in [0, 0.1) is 0 Å². The highest BCUT2D eigenvalue weighted by Gasteiger charge is 2.32. The van der Waals surface area contributed by atoms with Crippen LogP contribution in [0.1, 0.15) is 13.8 Å². The van der Waals surface area contributed by atoms with Gasteiger partial charge in [0.25, 0.3) is 5.91 Å². The Bertz CT molecular complexity index is 808. The Hall–Kier alpha value is -2.88. The smallest absolute Gasteiger partial charge is 0.414 e. The first-order chi connectivity index (χ1) is 14.3. The first-order valence-corrected chi connectivity index (χ1v) is 10.2. The molecule has 1 unspecified atom stereocenters. The Balaban J connectivity index is 1.52. The summed E-state index contributed by atoms with van der Waals surface area (Å²) in [5.41, 5.74) is 1.80. The molecule has 0 bridgehead atoms. The van der Waals surface area contributed by atoms with E-state index >= 15 is 0 Å². The Morgan fingerprint density at radius 3 is 2.37 bits per heavy atom. The third-order valence-electron chi connectivity index (χ3n) is 5.01. The van der Waals surface area contributed by atoms with Crippen LogP contribution in [0.3, 0.4) is 0 Å². The molecule has 2 amide bonds. The number of ether oxygens (including phenoxy) is 2. The van der Waals surface area contributed by atoms with Crippen molar-refractivity contribution in [1.82, 2.24) is 10.2 Å². The lowest BCUT2D eigenvalue weighted by atomic mass is 10.2. The molecule has 3 rings (SSSR count). The third-order valence-corrected chi connectivity index (χ3v) is 5.15. The maximum absolute atomic E-state index is 12.2. The topological polar surface area (TPSA) is 91.4 Å². The molecule has 1 aromatic carbocycles. The van der Waals surface area contributed by atoms with Crippen molar-refractivity contribution in [3.63, 3.8) is 0 Å². The summed E-state index contributed by atoms with van der Waals surface area (Å²) in [6.07, 6.45) is -0.607. The molecule has 2 heterocycles. The van der Waals surface area contributed by atoms with Gasteiger partial charge in [-0.2, -0.15) is 0 Å². The molecule has 9 nitrogen and oxygen atoms in total. The van der Waals surface area contributed by atoms with Gasteiger partial charge >= 0.3 is 12.1 Å². The second kappa shape index (κ2) is 9.75. The highest BCUT2D eigenvalue weighted by atomic mass is 32.1. The molecular weight excluding hydrogens is 408 g/mol. The molecule has 30 heavy (non-hydrogen) atoms. The van der Waals surface area contributed by atoms with Crippen LogP contribution in [0.2, 0.25) is 0 Å². The Labute approximate surface area is 180 Å². The molecule has 162 valence electrons. The van der Waals surface area contributed by atoms with E-state index in [4.69, 9.17) is 21.7 Å². The van der Waals surface area contributed by atoms with E-state index in [1.807, 2.05) is 24.3 Å². The second-order valence-corrected chi connectivity index (χ2v) is 7.83. The van der Waals surface area contributed by atoms with E-state index in [2.05, 4.69) is 10.2 Å². The summed E-state index contributed by atoms with van der Waals surface area (Å²) in [6.45, 7) is 6.32. The number of benzene rings is 1. The number of cyclic esters (lactones) is 1. The van der Waals surface area contributed by atoms with E-state index in [0.29, 0.717) is 44.3 Å². The van der Waals surface area contributed by atoms with E-state index in [0.717, 1.165) is 11.4 Å². The summed E-state index contributed by atoms with van der Waals surface area (Å²) in [5.74, 6) is -0.638. The summed E-state index contributed by atoms with van der Waals surface area (Å²) in [4.78, 5) is 41.2. The number of nitrogens with zero attached hydrogens (tertiary/aromatic N) is 3. The van der Waals surface area contributed by atoms with Crippen molar-refractivity contribution < 1.29 is 23.9 Å². The molecule has 2 aliphatic heterocycles. The first-order valence-electron chi connectivity index (χ1n) is 9.82. The highest BCUT2D eigenvalue weighted by molar-refractivity contribution is 7.80. The van der Waals surface area contributed by atoms with Gasteiger partial charge in [-0.05, 0) is 31.2 Å². The summed E-state index contributed by atoms with van der Waals surface area (Å²) in [6, 6.07) is 7.72. The third kappa shape index (κ3) is 5.59. The van der Waals surface area contributed by atoms with Gasteiger partial charge in [-0.15, -0.1) is 0 Å². The molecule has 1 aromatic rings. The predicted octanol–water partition coefficient (Wildman–Crippen LogP) is 1.16. The van der Waals surface area contributed by atoms with Gasteiger partial charge in [-0.25, -0.2) is 4.79 Å². The number of esters is 1. The number of carbonyl (C=O) groups is 3. The normalized spacial score (nSPS) is 18.8. The molecule has 0 aliphatic carbocycles. The average Bonchev–Trinajstić information content (AvgIpc) is 3.11. The van der Waals surface area contributed by atoms with E-state index in [9.17, 15) is 14.4 Å². The Morgan fingerprint density at radius 2 is 1.77 bits per heavy atom. The molecule has 0 spiro atoms. The number of amides is 2. The molecular formula is C20H26N4O5S. The van der Waals surface area contributed by atoms with Crippen molar-refractivity contribution in [1.29, 1.82) is 0 Å². The van der Waals surface area contributed by atoms with Crippen LogP contribution >= 0.6 is 12.2 Å².